The molecule has 6 nitrogen and oxygen atoms in total. The smallest absolute Gasteiger partial charge is 0.139 e. The Morgan fingerprint density at radius 1 is 1.21 bits per heavy atom. The molecule has 0 aliphatic rings. The van der Waals surface area contributed by atoms with Gasteiger partial charge in [0.25, 0.3) is 0 Å². The van der Waals surface area contributed by atoms with Gasteiger partial charge in [0, 0.05) is 31.8 Å². The van der Waals surface area contributed by atoms with Crippen LogP contribution in [0.4, 0.5) is 17.3 Å². The molecule has 102 valence electrons. The van der Waals surface area contributed by atoms with Gasteiger partial charge >= 0.3 is 0 Å². The minimum absolute atomic E-state index is 0.280. The number of aromatic nitrogens is 4. The van der Waals surface area contributed by atoms with Crippen molar-refractivity contribution >= 4 is 17.3 Å². The third-order valence-electron chi connectivity index (χ3n) is 2.88. The summed E-state index contributed by atoms with van der Waals surface area (Å²) in [7, 11) is 3.75. The first-order chi connectivity index (χ1) is 9.01. The molecule has 2 aromatic rings. The van der Waals surface area contributed by atoms with Crippen molar-refractivity contribution in [3.63, 3.8) is 0 Å². The summed E-state index contributed by atoms with van der Waals surface area (Å²) < 4.78 is 1.75. The Hall–Kier alpha value is -2.11. The molecule has 19 heavy (non-hydrogen) atoms. The van der Waals surface area contributed by atoms with Gasteiger partial charge in [0.15, 0.2) is 0 Å². The second-order valence-corrected chi connectivity index (χ2v) is 4.84. The monoisotopic (exact) mass is 260 g/mol. The van der Waals surface area contributed by atoms with Gasteiger partial charge in [-0.25, -0.2) is 9.97 Å². The van der Waals surface area contributed by atoms with Crippen LogP contribution >= 0.6 is 0 Å². The minimum Gasteiger partial charge on any atom is -0.373 e. The Kier molecular flexibility index (Phi) is 3.69. The number of anilines is 3. The first kappa shape index (κ1) is 13.3. The quantitative estimate of drug-likeness (QED) is 0.883. The summed E-state index contributed by atoms with van der Waals surface area (Å²) in [6, 6.07) is 0. The molecule has 6 heteroatoms. The summed E-state index contributed by atoms with van der Waals surface area (Å²) in [4.78, 5) is 9.10. The van der Waals surface area contributed by atoms with Gasteiger partial charge in [-0.2, -0.15) is 5.10 Å². The molecule has 0 bridgehead atoms. The maximum absolute atomic E-state index is 4.59. The van der Waals surface area contributed by atoms with Crippen molar-refractivity contribution in [2.75, 3.05) is 17.7 Å². The van der Waals surface area contributed by atoms with Gasteiger partial charge in [0.2, 0.25) is 0 Å². The number of rotatable bonds is 4. The largest absolute Gasteiger partial charge is 0.373 e. The van der Waals surface area contributed by atoms with Crippen LogP contribution in [-0.4, -0.2) is 26.8 Å². The van der Waals surface area contributed by atoms with Crippen molar-refractivity contribution in [3.05, 3.63) is 23.8 Å². The molecule has 2 aromatic heterocycles. The van der Waals surface area contributed by atoms with E-state index in [1.54, 1.807) is 10.9 Å². The van der Waals surface area contributed by atoms with E-state index in [2.05, 4.69) is 39.5 Å². The Morgan fingerprint density at radius 3 is 2.42 bits per heavy atom. The summed E-state index contributed by atoms with van der Waals surface area (Å²) in [6.07, 6.45) is 3.69. The lowest BCUT2D eigenvalue weighted by molar-refractivity contribution is 0.767. The zero-order chi connectivity index (χ0) is 14.0. The average Bonchev–Trinajstić information content (AvgIpc) is 2.77. The lowest BCUT2D eigenvalue weighted by Gasteiger charge is -2.14. The predicted molar refractivity (Wildman–Crippen MR) is 76.9 cm³/mol. The van der Waals surface area contributed by atoms with E-state index in [9.17, 15) is 0 Å². The van der Waals surface area contributed by atoms with E-state index in [-0.39, 0.29) is 5.92 Å². The molecule has 0 radical (unpaired) electrons. The standard InChI is InChI=1S/C13H20N6/c1-8(2)11-17-12(14-4)9(3)13(18-11)16-10-6-15-19(5)7-10/h6-8H,1-5H3,(H2,14,16,17,18). The van der Waals surface area contributed by atoms with Crippen LogP contribution in [0.25, 0.3) is 0 Å². The third-order valence-corrected chi connectivity index (χ3v) is 2.88. The molecule has 2 heterocycles. The number of hydrogen-bond donors (Lipinski definition) is 2. The van der Waals surface area contributed by atoms with Gasteiger partial charge in [0.05, 0.1) is 11.9 Å². The maximum atomic E-state index is 4.59. The van der Waals surface area contributed by atoms with E-state index in [0.29, 0.717) is 0 Å². The van der Waals surface area contributed by atoms with Crippen molar-refractivity contribution in [1.82, 2.24) is 19.7 Å². The highest BCUT2D eigenvalue weighted by molar-refractivity contribution is 5.63. The van der Waals surface area contributed by atoms with E-state index >= 15 is 0 Å². The van der Waals surface area contributed by atoms with Gasteiger partial charge in [0.1, 0.15) is 17.5 Å². The molecular formula is C13H20N6. The fraction of sp³-hybridized carbons (Fsp3) is 0.462. The topological polar surface area (TPSA) is 67.7 Å². The van der Waals surface area contributed by atoms with Crippen molar-refractivity contribution < 1.29 is 0 Å². The summed E-state index contributed by atoms with van der Waals surface area (Å²) in [5, 5.41) is 10.5. The van der Waals surface area contributed by atoms with Gasteiger partial charge in [-0.3, -0.25) is 4.68 Å². The number of nitrogens with zero attached hydrogens (tertiary/aromatic N) is 4. The van der Waals surface area contributed by atoms with E-state index < -0.39 is 0 Å². The molecule has 0 aliphatic carbocycles. The summed E-state index contributed by atoms with van der Waals surface area (Å²) in [6.45, 7) is 6.16. The van der Waals surface area contributed by atoms with Crippen LogP contribution in [0.5, 0.6) is 0 Å². The van der Waals surface area contributed by atoms with Crippen LogP contribution in [0.1, 0.15) is 31.2 Å². The fourth-order valence-electron chi connectivity index (χ4n) is 1.78. The molecule has 2 N–H and O–H groups in total. The molecule has 0 aliphatic heterocycles. The lowest BCUT2D eigenvalue weighted by atomic mass is 10.2. The molecule has 0 saturated heterocycles. The molecule has 0 spiro atoms. The molecule has 0 aromatic carbocycles. The van der Waals surface area contributed by atoms with Crippen molar-refractivity contribution in [2.24, 2.45) is 7.05 Å². The Bertz CT molecular complexity index is 573. The number of nitrogens with one attached hydrogen (secondary N) is 2. The highest BCUT2D eigenvalue weighted by Gasteiger charge is 2.12. The van der Waals surface area contributed by atoms with Gasteiger partial charge in [-0.05, 0) is 6.92 Å². The van der Waals surface area contributed by atoms with Crippen molar-refractivity contribution in [1.29, 1.82) is 0 Å². The van der Waals surface area contributed by atoms with Crippen LogP contribution < -0.4 is 10.6 Å². The second-order valence-electron chi connectivity index (χ2n) is 4.84. The van der Waals surface area contributed by atoms with Crippen molar-refractivity contribution in [2.45, 2.75) is 26.7 Å². The molecular weight excluding hydrogens is 240 g/mol. The summed E-state index contributed by atoms with van der Waals surface area (Å²) >= 11 is 0. The van der Waals surface area contributed by atoms with E-state index in [0.717, 1.165) is 28.7 Å². The Labute approximate surface area is 113 Å². The Balaban J connectivity index is 2.40. The zero-order valence-electron chi connectivity index (χ0n) is 12.0. The van der Waals surface area contributed by atoms with Crippen LogP contribution in [0, 0.1) is 6.92 Å². The normalized spacial score (nSPS) is 10.8. The summed E-state index contributed by atoms with van der Waals surface area (Å²) in [5.74, 6) is 2.77. The second kappa shape index (κ2) is 5.26. The molecule has 0 fully saturated rings. The van der Waals surface area contributed by atoms with Gasteiger partial charge < -0.3 is 10.6 Å². The lowest BCUT2D eigenvalue weighted by Crippen LogP contribution is -2.08. The predicted octanol–water partition coefficient (Wildman–Crippen LogP) is 2.43. The Morgan fingerprint density at radius 2 is 1.89 bits per heavy atom. The van der Waals surface area contributed by atoms with Crippen LogP contribution in [-0.2, 0) is 7.05 Å². The number of hydrogen-bond acceptors (Lipinski definition) is 5. The van der Waals surface area contributed by atoms with E-state index in [4.69, 9.17) is 0 Å². The van der Waals surface area contributed by atoms with Gasteiger partial charge in [-0.15, -0.1) is 0 Å². The van der Waals surface area contributed by atoms with Gasteiger partial charge in [-0.1, -0.05) is 13.8 Å². The maximum Gasteiger partial charge on any atom is 0.139 e. The minimum atomic E-state index is 0.280. The highest BCUT2D eigenvalue weighted by atomic mass is 15.3. The molecule has 2 rings (SSSR count). The molecule has 0 unspecified atom stereocenters. The zero-order valence-corrected chi connectivity index (χ0v) is 12.0. The summed E-state index contributed by atoms with van der Waals surface area (Å²) in [5.41, 5.74) is 1.91. The number of aryl methyl sites for hydroxylation is 1. The first-order valence-corrected chi connectivity index (χ1v) is 6.33. The SMILES string of the molecule is CNc1nc(C(C)C)nc(Nc2cnn(C)c2)c1C. The van der Waals surface area contributed by atoms with Crippen LogP contribution in [0.3, 0.4) is 0 Å². The highest BCUT2D eigenvalue weighted by Crippen LogP contribution is 2.25. The van der Waals surface area contributed by atoms with Crippen LogP contribution in [0.2, 0.25) is 0 Å². The average molecular weight is 260 g/mol. The third kappa shape index (κ3) is 2.83. The van der Waals surface area contributed by atoms with Crippen LogP contribution in [0.15, 0.2) is 12.4 Å². The fourth-order valence-corrected chi connectivity index (χ4v) is 1.78. The van der Waals surface area contributed by atoms with Crippen molar-refractivity contribution in [3.8, 4) is 0 Å². The molecule has 0 amide bonds. The molecule has 0 saturated carbocycles. The first-order valence-electron chi connectivity index (χ1n) is 6.33. The van der Waals surface area contributed by atoms with E-state index in [1.165, 1.54) is 0 Å². The van der Waals surface area contributed by atoms with E-state index in [1.807, 2.05) is 27.2 Å². The molecule has 0 atom stereocenters.